The molecule has 84 valence electrons. The zero-order valence-corrected chi connectivity index (χ0v) is 10.1. The van der Waals surface area contributed by atoms with Crippen LogP contribution in [0, 0.1) is 5.92 Å². The molecule has 1 saturated heterocycles. The maximum absolute atomic E-state index is 5.95. The summed E-state index contributed by atoms with van der Waals surface area (Å²) in [4.78, 5) is 0. The maximum Gasteiger partial charge on any atom is 0.0694 e. The van der Waals surface area contributed by atoms with Crippen LogP contribution in [0.5, 0.6) is 0 Å². The van der Waals surface area contributed by atoms with Gasteiger partial charge in [0, 0.05) is 12.6 Å². The zero-order valence-electron chi connectivity index (χ0n) is 10.1. The molecule has 0 aromatic rings. The second kappa shape index (κ2) is 5.13. The molecule has 1 rings (SSSR count). The highest BCUT2D eigenvalue weighted by atomic mass is 16.5. The molecular weight excluding hydrogens is 174 g/mol. The molecule has 2 nitrogen and oxygen atoms in total. The molecule has 0 amide bonds. The van der Waals surface area contributed by atoms with Crippen LogP contribution < -0.4 is 5.32 Å². The maximum atomic E-state index is 5.95. The lowest BCUT2D eigenvalue weighted by atomic mass is 9.81. The van der Waals surface area contributed by atoms with Crippen LogP contribution in [-0.2, 0) is 4.74 Å². The van der Waals surface area contributed by atoms with Crippen LogP contribution in [0.15, 0.2) is 0 Å². The van der Waals surface area contributed by atoms with E-state index in [1.807, 2.05) is 0 Å². The molecule has 0 aliphatic carbocycles. The van der Waals surface area contributed by atoms with Gasteiger partial charge in [-0.3, -0.25) is 0 Å². The molecule has 0 spiro atoms. The van der Waals surface area contributed by atoms with E-state index < -0.39 is 0 Å². The number of rotatable bonds is 4. The molecule has 0 aromatic heterocycles. The summed E-state index contributed by atoms with van der Waals surface area (Å²) in [6.45, 7) is 11.0. The second-order valence-corrected chi connectivity index (χ2v) is 4.72. The van der Waals surface area contributed by atoms with Gasteiger partial charge in [-0.2, -0.15) is 0 Å². The highest BCUT2D eigenvalue weighted by molar-refractivity contribution is 4.89. The van der Waals surface area contributed by atoms with E-state index in [9.17, 15) is 0 Å². The molecule has 1 aliphatic heterocycles. The first-order valence-corrected chi connectivity index (χ1v) is 5.99. The third kappa shape index (κ3) is 2.71. The van der Waals surface area contributed by atoms with Crippen molar-refractivity contribution < 1.29 is 4.74 Å². The number of nitrogens with one attached hydrogen (secondary N) is 1. The standard InChI is InChI=1S/C12H25NO/c1-5-10(3)12(4)9-11(13-6-2)7-8-14-12/h10-11,13H,5-9H2,1-4H3. The van der Waals surface area contributed by atoms with Gasteiger partial charge in [-0.05, 0) is 32.2 Å². The Hall–Kier alpha value is -0.0800. The van der Waals surface area contributed by atoms with Crippen LogP contribution in [0.3, 0.4) is 0 Å². The molecule has 1 heterocycles. The third-order valence-electron chi connectivity index (χ3n) is 3.70. The van der Waals surface area contributed by atoms with E-state index >= 15 is 0 Å². The van der Waals surface area contributed by atoms with Crippen LogP contribution in [0.25, 0.3) is 0 Å². The van der Waals surface area contributed by atoms with Crippen LogP contribution in [0.2, 0.25) is 0 Å². The second-order valence-electron chi connectivity index (χ2n) is 4.72. The summed E-state index contributed by atoms with van der Waals surface area (Å²) >= 11 is 0. The molecule has 14 heavy (non-hydrogen) atoms. The van der Waals surface area contributed by atoms with Gasteiger partial charge in [0.25, 0.3) is 0 Å². The van der Waals surface area contributed by atoms with E-state index in [2.05, 4.69) is 33.0 Å². The molecule has 1 fully saturated rings. The number of hydrogen-bond acceptors (Lipinski definition) is 2. The highest BCUT2D eigenvalue weighted by Crippen LogP contribution is 2.33. The Kier molecular flexibility index (Phi) is 4.39. The normalized spacial score (nSPS) is 35.6. The first-order valence-electron chi connectivity index (χ1n) is 5.99. The van der Waals surface area contributed by atoms with Crippen molar-refractivity contribution in [3.8, 4) is 0 Å². The van der Waals surface area contributed by atoms with Crippen LogP contribution >= 0.6 is 0 Å². The summed E-state index contributed by atoms with van der Waals surface area (Å²) in [5.41, 5.74) is 0.0971. The Labute approximate surface area is 88.4 Å². The topological polar surface area (TPSA) is 21.3 Å². The van der Waals surface area contributed by atoms with Gasteiger partial charge in [-0.15, -0.1) is 0 Å². The third-order valence-corrected chi connectivity index (χ3v) is 3.70. The summed E-state index contributed by atoms with van der Waals surface area (Å²) in [6, 6.07) is 0.660. The Morgan fingerprint density at radius 2 is 2.21 bits per heavy atom. The van der Waals surface area contributed by atoms with Crippen molar-refractivity contribution in [3.63, 3.8) is 0 Å². The van der Waals surface area contributed by atoms with Gasteiger partial charge in [0.2, 0.25) is 0 Å². The molecule has 0 radical (unpaired) electrons. The quantitative estimate of drug-likeness (QED) is 0.751. The predicted molar refractivity (Wildman–Crippen MR) is 60.5 cm³/mol. The summed E-state index contributed by atoms with van der Waals surface area (Å²) < 4.78 is 5.95. The van der Waals surface area contributed by atoms with E-state index in [0.717, 1.165) is 19.6 Å². The first kappa shape index (κ1) is 12.0. The SMILES string of the molecule is CCNC1CCOC(C)(C(C)CC)C1. The lowest BCUT2D eigenvalue weighted by Crippen LogP contribution is -2.48. The lowest BCUT2D eigenvalue weighted by Gasteiger charge is -2.42. The molecule has 0 bridgehead atoms. The summed E-state index contributed by atoms with van der Waals surface area (Å²) in [5.74, 6) is 0.656. The number of hydrogen-bond donors (Lipinski definition) is 1. The average molecular weight is 199 g/mol. The largest absolute Gasteiger partial charge is 0.375 e. The van der Waals surface area contributed by atoms with E-state index in [0.29, 0.717) is 12.0 Å². The van der Waals surface area contributed by atoms with Gasteiger partial charge in [0.15, 0.2) is 0 Å². The number of ether oxygens (including phenoxy) is 1. The van der Waals surface area contributed by atoms with Gasteiger partial charge in [0.1, 0.15) is 0 Å². The van der Waals surface area contributed by atoms with Gasteiger partial charge < -0.3 is 10.1 Å². The molecular formula is C12H25NO. The Morgan fingerprint density at radius 1 is 1.50 bits per heavy atom. The van der Waals surface area contributed by atoms with Crippen molar-refractivity contribution in [2.24, 2.45) is 5.92 Å². The Balaban J connectivity index is 2.52. The zero-order chi connectivity index (χ0) is 10.6. The molecule has 0 aromatic carbocycles. The van der Waals surface area contributed by atoms with Crippen molar-refractivity contribution in [2.75, 3.05) is 13.2 Å². The van der Waals surface area contributed by atoms with Gasteiger partial charge >= 0.3 is 0 Å². The Morgan fingerprint density at radius 3 is 2.79 bits per heavy atom. The van der Waals surface area contributed by atoms with Gasteiger partial charge in [-0.25, -0.2) is 0 Å². The molecule has 1 N–H and O–H groups in total. The molecule has 3 unspecified atom stereocenters. The van der Waals surface area contributed by atoms with Crippen molar-refractivity contribution >= 4 is 0 Å². The summed E-state index contributed by atoms with van der Waals surface area (Å²) in [6.07, 6.45) is 3.53. The van der Waals surface area contributed by atoms with Crippen molar-refractivity contribution in [3.05, 3.63) is 0 Å². The van der Waals surface area contributed by atoms with Crippen LogP contribution in [0.1, 0.15) is 47.0 Å². The van der Waals surface area contributed by atoms with E-state index in [1.54, 1.807) is 0 Å². The Bertz CT molecular complexity index is 170. The lowest BCUT2D eigenvalue weighted by molar-refractivity contribution is -0.109. The van der Waals surface area contributed by atoms with E-state index in [1.165, 1.54) is 12.8 Å². The van der Waals surface area contributed by atoms with E-state index in [-0.39, 0.29) is 5.60 Å². The minimum atomic E-state index is 0.0971. The molecule has 0 saturated carbocycles. The first-order chi connectivity index (χ1) is 6.62. The monoisotopic (exact) mass is 199 g/mol. The van der Waals surface area contributed by atoms with Crippen molar-refractivity contribution in [1.29, 1.82) is 0 Å². The smallest absolute Gasteiger partial charge is 0.0694 e. The van der Waals surface area contributed by atoms with E-state index in [4.69, 9.17) is 4.74 Å². The minimum Gasteiger partial charge on any atom is -0.375 e. The van der Waals surface area contributed by atoms with Crippen molar-refractivity contribution in [1.82, 2.24) is 5.32 Å². The summed E-state index contributed by atoms with van der Waals surface area (Å²) in [7, 11) is 0. The highest BCUT2D eigenvalue weighted by Gasteiger charge is 2.36. The molecule has 2 heteroatoms. The fraction of sp³-hybridized carbons (Fsp3) is 1.00. The predicted octanol–water partition coefficient (Wildman–Crippen LogP) is 2.58. The fourth-order valence-electron chi connectivity index (χ4n) is 2.32. The van der Waals surface area contributed by atoms with Crippen LogP contribution in [0.4, 0.5) is 0 Å². The van der Waals surface area contributed by atoms with Gasteiger partial charge in [-0.1, -0.05) is 27.2 Å². The molecule has 3 atom stereocenters. The van der Waals surface area contributed by atoms with Crippen molar-refractivity contribution in [2.45, 2.75) is 58.6 Å². The molecule has 1 aliphatic rings. The summed E-state index contributed by atoms with van der Waals surface area (Å²) in [5, 5.41) is 3.54. The van der Waals surface area contributed by atoms with Gasteiger partial charge in [0.05, 0.1) is 5.60 Å². The average Bonchev–Trinajstić information content (AvgIpc) is 2.17. The minimum absolute atomic E-state index is 0.0971. The van der Waals surface area contributed by atoms with Crippen LogP contribution in [-0.4, -0.2) is 24.8 Å². The fourth-order valence-corrected chi connectivity index (χ4v) is 2.32.